The van der Waals surface area contributed by atoms with Crippen LogP contribution >= 0.6 is 11.8 Å². The summed E-state index contributed by atoms with van der Waals surface area (Å²) in [7, 11) is 0. The Morgan fingerprint density at radius 2 is 1.91 bits per heavy atom. The van der Waals surface area contributed by atoms with E-state index in [-0.39, 0.29) is 17.7 Å². The van der Waals surface area contributed by atoms with Gasteiger partial charge >= 0.3 is 0 Å². The second-order valence-electron chi connectivity index (χ2n) is 8.75. The molecule has 4 rings (SSSR count). The highest BCUT2D eigenvalue weighted by atomic mass is 32.2. The van der Waals surface area contributed by atoms with Gasteiger partial charge in [-0.05, 0) is 74.6 Å². The summed E-state index contributed by atoms with van der Waals surface area (Å²) in [5.74, 6) is 0.425. The summed E-state index contributed by atoms with van der Waals surface area (Å²) in [5.41, 5.74) is 3.84. The number of likely N-dealkylation sites (tertiary alicyclic amines) is 1. The first-order valence-electron chi connectivity index (χ1n) is 11.8. The topological polar surface area (TPSA) is 100 Å². The Kier molecular flexibility index (Phi) is 8.20. The van der Waals surface area contributed by atoms with E-state index < -0.39 is 6.10 Å². The minimum absolute atomic E-state index is 0.0756. The number of aryl methyl sites for hydroxylation is 1. The highest BCUT2D eigenvalue weighted by molar-refractivity contribution is 7.98. The zero-order chi connectivity index (χ0) is 24.8. The maximum Gasteiger partial charge on any atom is 0.257 e. The number of hydrogen-bond acceptors (Lipinski definition) is 6. The third-order valence-corrected chi connectivity index (χ3v) is 6.95. The van der Waals surface area contributed by atoms with E-state index in [1.165, 1.54) is 0 Å². The van der Waals surface area contributed by atoms with Gasteiger partial charge in [0, 0.05) is 48.5 Å². The third-order valence-electron chi connectivity index (χ3n) is 6.31. The number of rotatable bonds is 8. The molecule has 2 aromatic heterocycles. The largest absolute Gasteiger partial charge is 0.383 e. The minimum Gasteiger partial charge on any atom is -0.383 e. The molecule has 1 aliphatic heterocycles. The van der Waals surface area contributed by atoms with Crippen LogP contribution in [0.2, 0.25) is 0 Å². The van der Waals surface area contributed by atoms with Crippen LogP contribution in [0, 0.1) is 6.92 Å². The summed E-state index contributed by atoms with van der Waals surface area (Å²) >= 11 is 1.62. The molecule has 35 heavy (non-hydrogen) atoms. The lowest BCUT2D eigenvalue weighted by Crippen LogP contribution is -2.44. The Balaban J connectivity index is 1.43. The molecule has 8 nitrogen and oxygen atoms in total. The maximum atomic E-state index is 13.2. The van der Waals surface area contributed by atoms with Crippen LogP contribution in [0.3, 0.4) is 0 Å². The van der Waals surface area contributed by atoms with Crippen LogP contribution in [0.25, 0.3) is 5.69 Å². The van der Waals surface area contributed by atoms with E-state index >= 15 is 0 Å². The molecule has 0 aliphatic carbocycles. The van der Waals surface area contributed by atoms with Crippen molar-refractivity contribution in [3.8, 4) is 5.69 Å². The summed E-state index contributed by atoms with van der Waals surface area (Å²) in [6.07, 6.45) is 8.19. The summed E-state index contributed by atoms with van der Waals surface area (Å²) < 4.78 is 1.90. The number of nitrogens with zero attached hydrogens (tertiary/aromatic N) is 4. The highest BCUT2D eigenvalue weighted by Gasteiger charge is 2.30. The van der Waals surface area contributed by atoms with Gasteiger partial charge in [0.05, 0.1) is 17.6 Å². The van der Waals surface area contributed by atoms with Gasteiger partial charge in [0.2, 0.25) is 0 Å². The number of pyridine rings is 1. The van der Waals surface area contributed by atoms with E-state index in [9.17, 15) is 14.7 Å². The van der Waals surface area contributed by atoms with Crippen molar-refractivity contribution >= 4 is 29.3 Å². The molecular formula is C26H31N5O3S. The van der Waals surface area contributed by atoms with Crippen molar-refractivity contribution < 1.29 is 14.7 Å². The average Bonchev–Trinajstić information content (AvgIpc) is 3.42. The number of nitrogens with one attached hydrogen (secondary N) is 1. The summed E-state index contributed by atoms with van der Waals surface area (Å²) in [4.78, 5) is 36.3. The zero-order valence-corrected chi connectivity index (χ0v) is 20.9. The van der Waals surface area contributed by atoms with Crippen LogP contribution < -0.4 is 5.32 Å². The second kappa shape index (κ2) is 11.5. The van der Waals surface area contributed by atoms with Crippen molar-refractivity contribution in [2.75, 3.05) is 30.4 Å². The van der Waals surface area contributed by atoms with E-state index in [2.05, 4.69) is 10.3 Å². The van der Waals surface area contributed by atoms with E-state index in [1.54, 1.807) is 29.2 Å². The van der Waals surface area contributed by atoms with Crippen molar-refractivity contribution in [2.45, 2.75) is 38.2 Å². The number of carbonyl (C=O) groups excluding carboxylic acids is 2. The number of benzene rings is 1. The number of carbonyl (C=O) groups is 2. The minimum atomic E-state index is -0.947. The molecule has 1 fully saturated rings. The molecule has 1 aromatic carbocycles. The third kappa shape index (κ3) is 6.10. The molecule has 0 spiro atoms. The van der Waals surface area contributed by atoms with Crippen molar-refractivity contribution in [1.29, 1.82) is 0 Å². The van der Waals surface area contributed by atoms with E-state index in [0.29, 0.717) is 43.6 Å². The Hall–Kier alpha value is -3.17. The molecule has 1 aliphatic rings. The first-order valence-corrected chi connectivity index (χ1v) is 13.2. The normalized spacial score (nSPS) is 15.1. The van der Waals surface area contributed by atoms with Crippen LogP contribution in [0.15, 0.2) is 55.1 Å². The first kappa shape index (κ1) is 24.9. The molecule has 0 saturated carbocycles. The Morgan fingerprint density at radius 3 is 2.57 bits per heavy atom. The lowest BCUT2D eigenvalue weighted by Gasteiger charge is -2.33. The number of piperidine rings is 1. The van der Waals surface area contributed by atoms with E-state index in [0.717, 1.165) is 22.8 Å². The molecule has 9 heteroatoms. The van der Waals surface area contributed by atoms with Gasteiger partial charge in [-0.3, -0.25) is 14.6 Å². The van der Waals surface area contributed by atoms with Crippen LogP contribution in [-0.2, 0) is 4.79 Å². The number of aliphatic hydroxyl groups is 1. The molecule has 0 radical (unpaired) electrons. The monoisotopic (exact) mass is 493 g/mol. The molecule has 2 N–H and O–H groups in total. The summed E-state index contributed by atoms with van der Waals surface area (Å²) in [6.45, 7) is 3.01. The highest BCUT2D eigenvalue weighted by Crippen LogP contribution is 2.30. The van der Waals surface area contributed by atoms with Gasteiger partial charge in [-0.2, -0.15) is 11.8 Å². The van der Waals surface area contributed by atoms with Crippen molar-refractivity contribution in [3.05, 3.63) is 72.1 Å². The fourth-order valence-electron chi connectivity index (χ4n) is 4.34. The van der Waals surface area contributed by atoms with Gasteiger partial charge in [-0.15, -0.1) is 0 Å². The van der Waals surface area contributed by atoms with Gasteiger partial charge in [0.1, 0.15) is 6.10 Å². The molecular weight excluding hydrogens is 462 g/mol. The number of imidazole rings is 1. The standard InChI is InChI=1S/C26H31N5O3S/c1-18-3-8-22(25(33)29-20-4-6-21(7-5-20)31-15-12-27-17-31)24(28-18)19-9-13-30(14-10-19)26(34)23(32)11-16-35-2/h3-8,12,15,17,19,23,32H,9-11,13-14,16H2,1-2H3,(H,29,33). The number of amides is 2. The van der Waals surface area contributed by atoms with E-state index in [4.69, 9.17) is 4.98 Å². The smallest absolute Gasteiger partial charge is 0.257 e. The predicted octanol–water partition coefficient (Wildman–Crippen LogP) is 3.65. The average molecular weight is 494 g/mol. The predicted molar refractivity (Wildman–Crippen MR) is 138 cm³/mol. The van der Waals surface area contributed by atoms with Crippen molar-refractivity contribution in [3.63, 3.8) is 0 Å². The summed E-state index contributed by atoms with van der Waals surface area (Å²) in [5, 5.41) is 13.2. The fraction of sp³-hybridized carbons (Fsp3) is 0.385. The van der Waals surface area contributed by atoms with Crippen molar-refractivity contribution in [2.24, 2.45) is 0 Å². The van der Waals surface area contributed by atoms with Crippen LogP contribution in [0.5, 0.6) is 0 Å². The first-order chi connectivity index (χ1) is 17.0. The molecule has 0 bridgehead atoms. The number of hydrogen-bond donors (Lipinski definition) is 2. The molecule has 2 amide bonds. The van der Waals surface area contributed by atoms with Crippen LogP contribution in [-0.4, -0.2) is 67.6 Å². The summed E-state index contributed by atoms with van der Waals surface area (Å²) in [6, 6.07) is 11.2. The molecule has 184 valence electrons. The number of aromatic nitrogens is 3. The van der Waals surface area contributed by atoms with Gasteiger partial charge < -0.3 is 19.9 Å². The van der Waals surface area contributed by atoms with Gasteiger partial charge in [0.25, 0.3) is 11.8 Å². The molecule has 3 heterocycles. The lowest BCUT2D eigenvalue weighted by atomic mass is 9.89. The molecule has 1 unspecified atom stereocenters. The zero-order valence-electron chi connectivity index (χ0n) is 20.1. The SMILES string of the molecule is CSCCC(O)C(=O)N1CCC(c2nc(C)ccc2C(=O)Nc2ccc(-n3ccnc3)cc2)CC1. The number of anilines is 1. The maximum absolute atomic E-state index is 13.2. The molecule has 1 atom stereocenters. The van der Waals surface area contributed by atoms with Gasteiger partial charge in [-0.1, -0.05) is 0 Å². The Labute approximate surface area is 209 Å². The van der Waals surface area contributed by atoms with Gasteiger partial charge in [-0.25, -0.2) is 4.98 Å². The lowest BCUT2D eigenvalue weighted by molar-refractivity contribution is -0.141. The van der Waals surface area contributed by atoms with Crippen molar-refractivity contribution in [1.82, 2.24) is 19.4 Å². The Morgan fingerprint density at radius 1 is 1.17 bits per heavy atom. The number of aliphatic hydroxyl groups excluding tert-OH is 1. The second-order valence-corrected chi connectivity index (χ2v) is 9.74. The molecule has 1 saturated heterocycles. The van der Waals surface area contributed by atoms with E-state index in [1.807, 2.05) is 60.3 Å². The Bertz CT molecular complexity index is 1140. The fourth-order valence-corrected chi connectivity index (χ4v) is 4.80. The quantitative estimate of drug-likeness (QED) is 0.497. The van der Waals surface area contributed by atoms with Crippen LogP contribution in [0.1, 0.15) is 46.9 Å². The van der Waals surface area contributed by atoms with Crippen LogP contribution in [0.4, 0.5) is 5.69 Å². The van der Waals surface area contributed by atoms with Gasteiger partial charge in [0.15, 0.2) is 0 Å². The molecule has 3 aromatic rings. The number of thioether (sulfide) groups is 1.